The van der Waals surface area contributed by atoms with Gasteiger partial charge < -0.3 is 0 Å². The van der Waals surface area contributed by atoms with E-state index >= 15 is 0 Å². The predicted octanol–water partition coefficient (Wildman–Crippen LogP) is 12.2. The lowest BCUT2D eigenvalue weighted by atomic mass is 9.82. The number of nitrogens with zero attached hydrogens (tertiary/aromatic N) is 3. The zero-order valence-corrected chi connectivity index (χ0v) is 29.3. The van der Waals surface area contributed by atoms with Crippen LogP contribution in [0.3, 0.4) is 0 Å². The molecule has 248 valence electrons. The van der Waals surface area contributed by atoms with Gasteiger partial charge in [0.05, 0.1) is 22.2 Å². The molecule has 0 saturated heterocycles. The SMILES string of the molecule is CC1(C)c2ccccc2-c2cc3c4cc(CCc5ccc(-c6ccccc6)cc5)ccc4n(-c4nc(-c5ccccc5)c5ccccc5n4)c3cc21. The average molecular weight is 668 g/mol. The number of fused-ring (bicyclic) bond motifs is 7. The van der Waals surface area contributed by atoms with Gasteiger partial charge in [0, 0.05) is 27.1 Å². The average Bonchev–Trinajstić information content (AvgIpc) is 3.64. The Morgan fingerprint density at radius 1 is 0.462 bits per heavy atom. The molecule has 3 heteroatoms. The molecule has 1 aliphatic carbocycles. The van der Waals surface area contributed by atoms with E-state index in [-0.39, 0.29) is 5.41 Å². The Morgan fingerprint density at radius 3 is 1.90 bits per heavy atom. The summed E-state index contributed by atoms with van der Waals surface area (Å²) in [4.78, 5) is 10.6. The Hall–Kier alpha value is -6.32. The van der Waals surface area contributed by atoms with Gasteiger partial charge in [0.1, 0.15) is 0 Å². The van der Waals surface area contributed by atoms with Gasteiger partial charge in [-0.25, -0.2) is 9.97 Å². The van der Waals surface area contributed by atoms with Crippen LogP contribution in [-0.4, -0.2) is 14.5 Å². The minimum atomic E-state index is -0.123. The fraction of sp³-hybridized carbons (Fsp3) is 0.102. The van der Waals surface area contributed by atoms with Gasteiger partial charge in [-0.05, 0) is 87.7 Å². The molecule has 10 rings (SSSR count). The van der Waals surface area contributed by atoms with Crippen molar-refractivity contribution >= 4 is 32.7 Å². The summed E-state index contributed by atoms with van der Waals surface area (Å²) in [7, 11) is 0. The Balaban J connectivity index is 1.14. The van der Waals surface area contributed by atoms with Crippen molar-refractivity contribution in [2.75, 3.05) is 0 Å². The van der Waals surface area contributed by atoms with Crippen molar-refractivity contribution in [2.24, 2.45) is 0 Å². The van der Waals surface area contributed by atoms with Crippen LogP contribution in [0, 0.1) is 0 Å². The first kappa shape index (κ1) is 30.5. The van der Waals surface area contributed by atoms with Crippen LogP contribution in [0.2, 0.25) is 0 Å². The van der Waals surface area contributed by atoms with Crippen LogP contribution in [0.25, 0.3) is 72.2 Å². The molecule has 3 nitrogen and oxygen atoms in total. The summed E-state index contributed by atoms with van der Waals surface area (Å²) in [6, 6.07) is 59.2. The van der Waals surface area contributed by atoms with Gasteiger partial charge in [-0.3, -0.25) is 4.57 Å². The van der Waals surface area contributed by atoms with Crippen LogP contribution in [0.5, 0.6) is 0 Å². The molecule has 0 amide bonds. The summed E-state index contributed by atoms with van der Waals surface area (Å²) in [5.41, 5.74) is 15.6. The second-order valence-electron chi connectivity index (χ2n) is 14.6. The summed E-state index contributed by atoms with van der Waals surface area (Å²) in [6.45, 7) is 4.70. The maximum atomic E-state index is 5.36. The highest BCUT2D eigenvalue weighted by Gasteiger charge is 2.36. The van der Waals surface area contributed by atoms with E-state index in [2.05, 4.69) is 182 Å². The number of hydrogen-bond donors (Lipinski definition) is 0. The van der Waals surface area contributed by atoms with E-state index < -0.39 is 0 Å². The molecule has 2 heterocycles. The molecule has 0 bridgehead atoms. The predicted molar refractivity (Wildman–Crippen MR) is 216 cm³/mol. The molecular formula is C49H37N3. The second-order valence-corrected chi connectivity index (χ2v) is 14.6. The van der Waals surface area contributed by atoms with Crippen LogP contribution in [0.15, 0.2) is 164 Å². The fourth-order valence-corrected chi connectivity index (χ4v) is 8.40. The van der Waals surface area contributed by atoms with Gasteiger partial charge in [-0.1, -0.05) is 147 Å². The minimum Gasteiger partial charge on any atom is -0.278 e. The van der Waals surface area contributed by atoms with Gasteiger partial charge in [0.2, 0.25) is 5.95 Å². The number of para-hydroxylation sites is 1. The van der Waals surface area contributed by atoms with E-state index in [1.54, 1.807) is 0 Å². The first-order valence-corrected chi connectivity index (χ1v) is 18.2. The van der Waals surface area contributed by atoms with Crippen molar-refractivity contribution in [2.45, 2.75) is 32.1 Å². The van der Waals surface area contributed by atoms with Crippen LogP contribution in [-0.2, 0) is 18.3 Å². The third-order valence-corrected chi connectivity index (χ3v) is 11.1. The highest BCUT2D eigenvalue weighted by atomic mass is 15.2. The van der Waals surface area contributed by atoms with E-state index in [0.717, 1.165) is 46.0 Å². The Kier molecular flexibility index (Phi) is 6.97. The molecule has 0 aliphatic heterocycles. The normalized spacial score (nSPS) is 13.1. The van der Waals surface area contributed by atoms with Crippen molar-refractivity contribution < 1.29 is 0 Å². The van der Waals surface area contributed by atoms with E-state index in [9.17, 15) is 0 Å². The first-order chi connectivity index (χ1) is 25.5. The zero-order valence-electron chi connectivity index (χ0n) is 29.3. The molecular weight excluding hydrogens is 631 g/mol. The van der Waals surface area contributed by atoms with Crippen molar-refractivity contribution in [3.05, 3.63) is 186 Å². The molecule has 0 radical (unpaired) electrons. The van der Waals surface area contributed by atoms with Crippen LogP contribution in [0.4, 0.5) is 0 Å². The molecule has 1 aliphatic rings. The molecule has 2 aromatic heterocycles. The van der Waals surface area contributed by atoms with Crippen LogP contribution in [0.1, 0.15) is 36.1 Å². The third-order valence-electron chi connectivity index (χ3n) is 11.1. The fourth-order valence-electron chi connectivity index (χ4n) is 8.40. The third kappa shape index (κ3) is 4.88. The van der Waals surface area contributed by atoms with Crippen molar-refractivity contribution in [1.82, 2.24) is 14.5 Å². The summed E-state index contributed by atoms with van der Waals surface area (Å²) >= 11 is 0. The standard InChI is InChI=1S/C49H37N3/c1-49(2)42-19-11-9-17-37(42)39-30-41-40-29-33(22-21-32-23-26-35(27-24-32)34-13-5-3-6-14-34)25-28-45(40)52(46(41)31-43(39)49)48-50-44-20-12-10-18-38(44)47(51-48)36-15-7-4-8-16-36/h3-20,23-31H,21-22H2,1-2H3. The molecule has 0 unspecified atom stereocenters. The molecule has 0 atom stereocenters. The lowest BCUT2D eigenvalue weighted by molar-refractivity contribution is 0.661. The number of aryl methyl sites for hydroxylation is 2. The number of rotatable bonds is 6. The lowest BCUT2D eigenvalue weighted by Crippen LogP contribution is -2.15. The van der Waals surface area contributed by atoms with E-state index in [4.69, 9.17) is 9.97 Å². The quantitative estimate of drug-likeness (QED) is 0.177. The van der Waals surface area contributed by atoms with Crippen molar-refractivity contribution in [1.29, 1.82) is 0 Å². The Bertz CT molecular complexity index is 2790. The molecule has 0 fully saturated rings. The highest BCUT2D eigenvalue weighted by molar-refractivity contribution is 6.12. The molecule has 0 spiro atoms. The van der Waals surface area contributed by atoms with Gasteiger partial charge in [0.15, 0.2) is 0 Å². The zero-order chi connectivity index (χ0) is 34.8. The summed E-state index contributed by atoms with van der Waals surface area (Å²) < 4.78 is 2.30. The molecule has 7 aromatic carbocycles. The monoisotopic (exact) mass is 667 g/mol. The van der Waals surface area contributed by atoms with Gasteiger partial charge >= 0.3 is 0 Å². The van der Waals surface area contributed by atoms with Gasteiger partial charge in [-0.15, -0.1) is 0 Å². The maximum Gasteiger partial charge on any atom is 0.235 e. The van der Waals surface area contributed by atoms with E-state index in [0.29, 0.717) is 5.95 Å². The van der Waals surface area contributed by atoms with E-state index in [1.165, 1.54) is 55.3 Å². The molecule has 9 aromatic rings. The smallest absolute Gasteiger partial charge is 0.235 e. The first-order valence-electron chi connectivity index (χ1n) is 18.2. The van der Waals surface area contributed by atoms with E-state index in [1.807, 2.05) is 0 Å². The van der Waals surface area contributed by atoms with Crippen molar-refractivity contribution in [3.8, 4) is 39.5 Å². The number of hydrogen-bond acceptors (Lipinski definition) is 2. The Labute approximate surface area is 303 Å². The molecule has 0 saturated carbocycles. The van der Waals surface area contributed by atoms with Gasteiger partial charge in [0.25, 0.3) is 0 Å². The van der Waals surface area contributed by atoms with Gasteiger partial charge in [-0.2, -0.15) is 0 Å². The topological polar surface area (TPSA) is 30.7 Å². The maximum absolute atomic E-state index is 5.36. The molecule has 52 heavy (non-hydrogen) atoms. The van der Waals surface area contributed by atoms with Crippen LogP contribution >= 0.6 is 0 Å². The number of aromatic nitrogens is 3. The summed E-state index contributed by atoms with van der Waals surface area (Å²) in [6.07, 6.45) is 1.93. The highest BCUT2D eigenvalue weighted by Crippen LogP contribution is 2.51. The summed E-state index contributed by atoms with van der Waals surface area (Å²) in [5.74, 6) is 0.692. The van der Waals surface area contributed by atoms with Crippen molar-refractivity contribution in [3.63, 3.8) is 0 Å². The largest absolute Gasteiger partial charge is 0.278 e. The second kappa shape index (κ2) is 11.9. The number of benzene rings is 7. The Morgan fingerprint density at radius 2 is 1.10 bits per heavy atom. The minimum absolute atomic E-state index is 0.123. The summed E-state index contributed by atoms with van der Waals surface area (Å²) in [5, 5.41) is 3.51. The van der Waals surface area contributed by atoms with Crippen LogP contribution < -0.4 is 0 Å². The lowest BCUT2D eigenvalue weighted by Gasteiger charge is -2.21. The molecule has 0 N–H and O–H groups in total.